The van der Waals surface area contributed by atoms with Crippen molar-refractivity contribution in [3.8, 4) is 16.9 Å². The lowest BCUT2D eigenvalue weighted by Gasteiger charge is -2.14. The molecule has 0 aliphatic heterocycles. The second-order valence-corrected chi connectivity index (χ2v) is 5.86. The topological polar surface area (TPSA) is 26.3 Å². The summed E-state index contributed by atoms with van der Waals surface area (Å²) in [6.07, 6.45) is -3.95. The minimum absolute atomic E-state index is 0.0962. The van der Waals surface area contributed by atoms with Crippen LogP contribution in [0.15, 0.2) is 66.7 Å². The van der Waals surface area contributed by atoms with Crippen LogP contribution in [0.5, 0.6) is 5.75 Å². The quantitative estimate of drug-likeness (QED) is 0.410. The van der Waals surface area contributed by atoms with E-state index in [4.69, 9.17) is 4.74 Å². The lowest BCUT2D eigenvalue weighted by Crippen LogP contribution is -2.08. The Balaban J connectivity index is 1.84. The van der Waals surface area contributed by atoms with Crippen molar-refractivity contribution in [1.82, 2.24) is 0 Å². The van der Waals surface area contributed by atoms with Crippen LogP contribution in [0.1, 0.15) is 21.5 Å². The number of carbonyl (C=O) groups excluding carboxylic acids is 1. The lowest BCUT2D eigenvalue weighted by molar-refractivity contribution is -0.137. The molecule has 3 rings (SSSR count). The first-order valence-electron chi connectivity index (χ1n) is 8.01. The molecule has 0 amide bonds. The van der Waals surface area contributed by atoms with Crippen LogP contribution in [-0.4, -0.2) is 6.29 Å². The Hall–Kier alpha value is -3.15. The first-order chi connectivity index (χ1) is 12.9. The zero-order valence-corrected chi connectivity index (χ0v) is 14.0. The van der Waals surface area contributed by atoms with E-state index in [0.717, 1.165) is 12.1 Å². The van der Waals surface area contributed by atoms with E-state index < -0.39 is 17.6 Å². The average Bonchev–Trinajstić information content (AvgIpc) is 2.66. The summed E-state index contributed by atoms with van der Waals surface area (Å²) < 4.78 is 58.6. The molecular weight excluding hydrogens is 360 g/mol. The first kappa shape index (κ1) is 18.6. The molecule has 0 heterocycles. The van der Waals surface area contributed by atoms with Gasteiger partial charge in [-0.15, -0.1) is 0 Å². The van der Waals surface area contributed by atoms with Crippen LogP contribution in [0.3, 0.4) is 0 Å². The molecule has 0 atom stereocenters. The van der Waals surface area contributed by atoms with Gasteiger partial charge in [0.15, 0.2) is 0 Å². The van der Waals surface area contributed by atoms with Gasteiger partial charge in [0.1, 0.15) is 24.5 Å². The van der Waals surface area contributed by atoms with Crippen LogP contribution in [-0.2, 0) is 12.8 Å². The summed E-state index contributed by atoms with van der Waals surface area (Å²) in [6.45, 7) is 0.136. The Morgan fingerprint density at radius 3 is 2.33 bits per heavy atom. The molecule has 0 saturated heterocycles. The molecule has 0 radical (unpaired) electrons. The van der Waals surface area contributed by atoms with Crippen LogP contribution in [0.2, 0.25) is 0 Å². The average molecular weight is 374 g/mol. The first-order valence-corrected chi connectivity index (χ1v) is 8.01. The van der Waals surface area contributed by atoms with Crippen LogP contribution < -0.4 is 4.74 Å². The highest BCUT2D eigenvalue weighted by Gasteiger charge is 2.34. The third-order valence-corrected chi connectivity index (χ3v) is 3.95. The third kappa shape index (κ3) is 4.53. The van der Waals surface area contributed by atoms with Gasteiger partial charge in [0.05, 0.1) is 5.56 Å². The van der Waals surface area contributed by atoms with Crippen LogP contribution in [0, 0.1) is 5.82 Å². The van der Waals surface area contributed by atoms with Gasteiger partial charge in [0.25, 0.3) is 0 Å². The predicted molar refractivity (Wildman–Crippen MR) is 93.0 cm³/mol. The van der Waals surface area contributed by atoms with Gasteiger partial charge in [-0.3, -0.25) is 4.79 Å². The molecule has 0 aliphatic carbocycles. The summed E-state index contributed by atoms with van der Waals surface area (Å²) in [5.41, 5.74) is 0.371. The fourth-order valence-electron chi connectivity index (χ4n) is 2.64. The van der Waals surface area contributed by atoms with E-state index in [1.807, 2.05) is 0 Å². The van der Waals surface area contributed by atoms with E-state index >= 15 is 0 Å². The molecule has 0 aliphatic rings. The fourth-order valence-corrected chi connectivity index (χ4v) is 2.64. The number of halogens is 4. The lowest BCUT2D eigenvalue weighted by atomic mass is 9.97. The zero-order valence-electron chi connectivity index (χ0n) is 14.0. The number of rotatable bonds is 5. The Labute approximate surface area is 153 Å². The van der Waals surface area contributed by atoms with Gasteiger partial charge in [-0.1, -0.05) is 24.3 Å². The molecule has 0 bridgehead atoms. The van der Waals surface area contributed by atoms with Crippen molar-refractivity contribution in [3.05, 3.63) is 89.2 Å². The molecule has 0 fully saturated rings. The van der Waals surface area contributed by atoms with Crippen molar-refractivity contribution in [2.24, 2.45) is 0 Å². The standard InChI is InChI=1S/C21H14F4O2/c22-17-6-9-19(20(11-17)21(23,24)25)16-3-1-2-15(10-16)13-27-18-7-4-14(12-26)5-8-18/h1-12H,13H2. The number of hydrogen-bond donors (Lipinski definition) is 0. The highest BCUT2D eigenvalue weighted by atomic mass is 19.4. The van der Waals surface area contributed by atoms with Gasteiger partial charge in [-0.2, -0.15) is 13.2 Å². The van der Waals surface area contributed by atoms with E-state index in [0.29, 0.717) is 34.8 Å². The fraction of sp³-hybridized carbons (Fsp3) is 0.0952. The molecule has 0 saturated carbocycles. The molecule has 0 unspecified atom stereocenters. The Bertz CT molecular complexity index is 947. The van der Waals surface area contributed by atoms with Crippen molar-refractivity contribution < 1.29 is 27.1 Å². The van der Waals surface area contributed by atoms with Gasteiger partial charge in [-0.05, 0) is 59.2 Å². The van der Waals surface area contributed by atoms with Crippen molar-refractivity contribution in [2.75, 3.05) is 0 Å². The van der Waals surface area contributed by atoms with Crippen molar-refractivity contribution in [2.45, 2.75) is 12.8 Å². The molecule has 6 heteroatoms. The molecule has 27 heavy (non-hydrogen) atoms. The van der Waals surface area contributed by atoms with Gasteiger partial charge in [0, 0.05) is 5.56 Å². The van der Waals surface area contributed by atoms with E-state index in [2.05, 4.69) is 0 Å². The highest BCUT2D eigenvalue weighted by Crippen LogP contribution is 2.37. The van der Waals surface area contributed by atoms with Gasteiger partial charge >= 0.3 is 6.18 Å². The zero-order chi connectivity index (χ0) is 19.4. The van der Waals surface area contributed by atoms with Crippen LogP contribution in [0.25, 0.3) is 11.1 Å². The Kier molecular flexibility index (Phi) is 5.26. The Morgan fingerprint density at radius 2 is 1.67 bits per heavy atom. The number of carbonyl (C=O) groups is 1. The molecule has 2 nitrogen and oxygen atoms in total. The second-order valence-electron chi connectivity index (χ2n) is 5.86. The van der Waals surface area contributed by atoms with Gasteiger partial charge in [-0.25, -0.2) is 4.39 Å². The molecule has 3 aromatic carbocycles. The van der Waals surface area contributed by atoms with Gasteiger partial charge < -0.3 is 4.74 Å². The van der Waals surface area contributed by atoms with Crippen LogP contribution >= 0.6 is 0 Å². The molecule has 0 spiro atoms. The number of aldehydes is 1. The van der Waals surface area contributed by atoms with Crippen molar-refractivity contribution in [3.63, 3.8) is 0 Å². The maximum Gasteiger partial charge on any atom is 0.417 e. The number of hydrogen-bond acceptors (Lipinski definition) is 2. The summed E-state index contributed by atoms with van der Waals surface area (Å²) in [5.74, 6) is -0.409. The van der Waals surface area contributed by atoms with Crippen molar-refractivity contribution >= 4 is 6.29 Å². The smallest absolute Gasteiger partial charge is 0.417 e. The van der Waals surface area contributed by atoms with Crippen molar-refractivity contribution in [1.29, 1.82) is 0 Å². The maximum absolute atomic E-state index is 13.3. The number of benzene rings is 3. The molecule has 0 N–H and O–H groups in total. The molecule has 138 valence electrons. The number of alkyl halides is 3. The Morgan fingerprint density at radius 1 is 0.926 bits per heavy atom. The summed E-state index contributed by atoms with van der Waals surface area (Å²) in [6, 6.07) is 15.5. The van der Waals surface area contributed by atoms with Crippen LogP contribution in [0.4, 0.5) is 17.6 Å². The molecular formula is C21H14F4O2. The highest BCUT2D eigenvalue weighted by molar-refractivity contribution is 5.74. The van der Waals surface area contributed by atoms with E-state index in [9.17, 15) is 22.4 Å². The summed E-state index contributed by atoms with van der Waals surface area (Å²) in [7, 11) is 0. The summed E-state index contributed by atoms with van der Waals surface area (Å²) in [5, 5.41) is 0. The normalized spacial score (nSPS) is 11.3. The SMILES string of the molecule is O=Cc1ccc(OCc2cccc(-c3ccc(F)cc3C(F)(F)F)c2)cc1. The summed E-state index contributed by atoms with van der Waals surface area (Å²) >= 11 is 0. The predicted octanol–water partition coefficient (Wildman–Crippen LogP) is 5.90. The number of ether oxygens (including phenoxy) is 1. The summed E-state index contributed by atoms with van der Waals surface area (Å²) in [4.78, 5) is 10.6. The maximum atomic E-state index is 13.3. The largest absolute Gasteiger partial charge is 0.489 e. The monoisotopic (exact) mass is 374 g/mol. The minimum atomic E-state index is -4.66. The third-order valence-electron chi connectivity index (χ3n) is 3.95. The molecule has 3 aromatic rings. The van der Waals surface area contributed by atoms with E-state index in [-0.39, 0.29) is 12.2 Å². The second kappa shape index (κ2) is 7.61. The minimum Gasteiger partial charge on any atom is -0.489 e. The van der Waals surface area contributed by atoms with Gasteiger partial charge in [0.2, 0.25) is 0 Å². The van der Waals surface area contributed by atoms with E-state index in [1.165, 1.54) is 6.07 Å². The van der Waals surface area contributed by atoms with E-state index in [1.54, 1.807) is 42.5 Å². The molecule has 0 aromatic heterocycles.